The molecular formula is C14H19FN2. The van der Waals surface area contributed by atoms with E-state index < -0.39 is 0 Å². The first-order valence-electron chi connectivity index (χ1n) is 5.84. The quantitative estimate of drug-likeness (QED) is 0.794. The van der Waals surface area contributed by atoms with Gasteiger partial charge in [-0.3, -0.25) is 0 Å². The van der Waals surface area contributed by atoms with Gasteiger partial charge < -0.3 is 10.6 Å². The number of nitrogens with zero attached hydrogens (tertiary/aromatic N) is 1. The summed E-state index contributed by atoms with van der Waals surface area (Å²) in [6.45, 7) is 5.11. The minimum atomic E-state index is -0.344. The molecule has 2 nitrogen and oxygen atoms in total. The number of anilines is 1. The molecule has 3 heteroatoms. The van der Waals surface area contributed by atoms with Crippen molar-refractivity contribution in [1.82, 2.24) is 0 Å². The molecule has 1 aromatic carbocycles. The van der Waals surface area contributed by atoms with E-state index in [0.717, 1.165) is 18.7 Å². The molecule has 0 aliphatic heterocycles. The molecule has 0 aliphatic carbocycles. The second-order valence-electron chi connectivity index (χ2n) is 4.09. The van der Waals surface area contributed by atoms with Crippen LogP contribution in [-0.2, 0) is 0 Å². The molecule has 2 N–H and O–H groups in total. The van der Waals surface area contributed by atoms with E-state index in [-0.39, 0.29) is 11.9 Å². The lowest BCUT2D eigenvalue weighted by molar-refractivity contribution is 0.592. The van der Waals surface area contributed by atoms with Crippen LogP contribution in [0.25, 0.3) is 0 Å². The SMILES string of the molecule is C#CCN(CCC)c1cccc(F)c1[C@H](C)N. The maximum Gasteiger partial charge on any atom is 0.130 e. The normalized spacial score (nSPS) is 11.9. The van der Waals surface area contributed by atoms with Gasteiger partial charge >= 0.3 is 0 Å². The van der Waals surface area contributed by atoms with Crippen LogP contribution in [0.3, 0.4) is 0 Å². The third kappa shape index (κ3) is 3.21. The third-order valence-electron chi connectivity index (χ3n) is 2.60. The van der Waals surface area contributed by atoms with Crippen molar-refractivity contribution in [2.24, 2.45) is 5.73 Å². The lowest BCUT2D eigenvalue weighted by Gasteiger charge is -2.26. The van der Waals surface area contributed by atoms with Crippen molar-refractivity contribution < 1.29 is 4.39 Å². The fourth-order valence-electron chi connectivity index (χ4n) is 1.92. The van der Waals surface area contributed by atoms with Gasteiger partial charge in [-0.15, -0.1) is 6.42 Å². The molecule has 0 saturated carbocycles. The fourth-order valence-corrected chi connectivity index (χ4v) is 1.92. The van der Waals surface area contributed by atoms with Crippen LogP contribution in [0.5, 0.6) is 0 Å². The molecule has 0 saturated heterocycles. The summed E-state index contributed by atoms with van der Waals surface area (Å²) in [6.07, 6.45) is 6.30. The molecule has 1 atom stereocenters. The molecule has 0 aliphatic rings. The molecule has 1 rings (SSSR count). The van der Waals surface area contributed by atoms with Gasteiger partial charge in [-0.2, -0.15) is 0 Å². The van der Waals surface area contributed by atoms with E-state index in [0.29, 0.717) is 12.1 Å². The Morgan fingerprint density at radius 1 is 1.53 bits per heavy atom. The molecule has 0 bridgehead atoms. The molecule has 0 unspecified atom stereocenters. The van der Waals surface area contributed by atoms with Crippen LogP contribution in [-0.4, -0.2) is 13.1 Å². The highest BCUT2D eigenvalue weighted by atomic mass is 19.1. The van der Waals surface area contributed by atoms with E-state index in [9.17, 15) is 4.39 Å². The minimum absolute atomic E-state index is 0.268. The maximum absolute atomic E-state index is 13.8. The van der Waals surface area contributed by atoms with Gasteiger partial charge in [0.15, 0.2) is 0 Å². The van der Waals surface area contributed by atoms with Crippen molar-refractivity contribution >= 4 is 5.69 Å². The average molecular weight is 234 g/mol. The van der Waals surface area contributed by atoms with Gasteiger partial charge in [-0.05, 0) is 25.5 Å². The van der Waals surface area contributed by atoms with Crippen molar-refractivity contribution in [3.63, 3.8) is 0 Å². The molecule has 1 aromatic rings. The zero-order valence-corrected chi connectivity index (χ0v) is 10.4. The van der Waals surface area contributed by atoms with Crippen LogP contribution in [0.1, 0.15) is 31.9 Å². The van der Waals surface area contributed by atoms with Crippen LogP contribution in [0, 0.1) is 18.2 Å². The highest BCUT2D eigenvalue weighted by Crippen LogP contribution is 2.27. The Labute approximate surface area is 103 Å². The zero-order chi connectivity index (χ0) is 12.8. The molecule has 0 fully saturated rings. The first-order valence-corrected chi connectivity index (χ1v) is 5.84. The Kier molecular flexibility index (Phi) is 4.99. The van der Waals surface area contributed by atoms with Gasteiger partial charge in [0.1, 0.15) is 5.82 Å². The number of hydrogen-bond donors (Lipinski definition) is 1. The predicted molar refractivity (Wildman–Crippen MR) is 70.3 cm³/mol. The van der Waals surface area contributed by atoms with Crippen molar-refractivity contribution in [1.29, 1.82) is 0 Å². The van der Waals surface area contributed by atoms with Crippen molar-refractivity contribution in [3.8, 4) is 12.3 Å². The highest BCUT2D eigenvalue weighted by Gasteiger charge is 2.16. The zero-order valence-electron chi connectivity index (χ0n) is 10.4. The van der Waals surface area contributed by atoms with E-state index in [1.165, 1.54) is 6.07 Å². The van der Waals surface area contributed by atoms with Gasteiger partial charge in [0.05, 0.1) is 6.54 Å². The summed E-state index contributed by atoms with van der Waals surface area (Å²) >= 11 is 0. The average Bonchev–Trinajstić information content (AvgIpc) is 2.28. The van der Waals surface area contributed by atoms with E-state index >= 15 is 0 Å². The molecular weight excluding hydrogens is 215 g/mol. The van der Waals surface area contributed by atoms with Crippen LogP contribution < -0.4 is 10.6 Å². The first kappa shape index (κ1) is 13.5. The summed E-state index contributed by atoms with van der Waals surface area (Å²) < 4.78 is 13.8. The Balaban J connectivity index is 3.18. The second-order valence-corrected chi connectivity index (χ2v) is 4.09. The lowest BCUT2D eigenvalue weighted by Crippen LogP contribution is -2.27. The summed E-state index contributed by atoms with van der Waals surface area (Å²) in [6, 6.07) is 4.65. The van der Waals surface area contributed by atoms with E-state index in [4.69, 9.17) is 12.2 Å². The summed E-state index contributed by atoms with van der Waals surface area (Å²) in [7, 11) is 0. The van der Waals surface area contributed by atoms with E-state index in [2.05, 4.69) is 12.8 Å². The third-order valence-corrected chi connectivity index (χ3v) is 2.60. The lowest BCUT2D eigenvalue weighted by atomic mass is 10.0. The van der Waals surface area contributed by atoms with Gasteiger partial charge in [-0.25, -0.2) is 4.39 Å². The van der Waals surface area contributed by atoms with Crippen molar-refractivity contribution in [2.45, 2.75) is 26.3 Å². The van der Waals surface area contributed by atoms with Gasteiger partial charge in [-0.1, -0.05) is 18.9 Å². The highest BCUT2D eigenvalue weighted by molar-refractivity contribution is 5.56. The Morgan fingerprint density at radius 2 is 2.24 bits per heavy atom. The van der Waals surface area contributed by atoms with Crippen molar-refractivity contribution in [3.05, 3.63) is 29.6 Å². The van der Waals surface area contributed by atoms with Crippen LogP contribution in [0.15, 0.2) is 18.2 Å². The molecule has 17 heavy (non-hydrogen) atoms. The van der Waals surface area contributed by atoms with Crippen molar-refractivity contribution in [2.75, 3.05) is 18.0 Å². The van der Waals surface area contributed by atoms with Gasteiger partial charge in [0.25, 0.3) is 0 Å². The number of nitrogens with two attached hydrogens (primary N) is 1. The topological polar surface area (TPSA) is 29.3 Å². The molecule has 0 amide bonds. The summed E-state index contributed by atoms with van der Waals surface area (Å²) in [5.74, 6) is 2.33. The van der Waals surface area contributed by atoms with Gasteiger partial charge in [0.2, 0.25) is 0 Å². The molecule has 0 heterocycles. The summed E-state index contributed by atoms with van der Waals surface area (Å²) in [4.78, 5) is 1.99. The van der Waals surface area contributed by atoms with Crippen LogP contribution in [0.4, 0.5) is 10.1 Å². The Bertz CT molecular complexity index is 407. The molecule has 0 radical (unpaired) electrons. The second kappa shape index (κ2) is 6.27. The summed E-state index contributed by atoms with van der Waals surface area (Å²) in [5, 5.41) is 0. The smallest absolute Gasteiger partial charge is 0.130 e. The minimum Gasteiger partial charge on any atom is -0.360 e. The fraction of sp³-hybridized carbons (Fsp3) is 0.429. The number of benzene rings is 1. The van der Waals surface area contributed by atoms with Crippen LogP contribution >= 0.6 is 0 Å². The van der Waals surface area contributed by atoms with Gasteiger partial charge in [0, 0.05) is 23.8 Å². The maximum atomic E-state index is 13.8. The van der Waals surface area contributed by atoms with E-state index in [1.54, 1.807) is 13.0 Å². The number of halogens is 1. The Morgan fingerprint density at radius 3 is 2.76 bits per heavy atom. The van der Waals surface area contributed by atoms with E-state index in [1.807, 2.05) is 11.0 Å². The number of terminal acetylenes is 1. The van der Waals surface area contributed by atoms with Crippen LogP contribution in [0.2, 0.25) is 0 Å². The molecule has 0 aromatic heterocycles. The number of rotatable bonds is 5. The predicted octanol–water partition coefficient (Wildman–Crippen LogP) is 2.70. The standard InChI is InChI=1S/C14H19FN2/c1-4-9-17(10-5-2)13-8-6-7-12(15)14(13)11(3)16/h1,6-8,11H,5,9-10,16H2,2-3H3/t11-/m0/s1. The molecule has 92 valence electrons. The first-order chi connectivity index (χ1) is 8.11. The monoisotopic (exact) mass is 234 g/mol. The Hall–Kier alpha value is -1.53. The largest absolute Gasteiger partial charge is 0.360 e. The summed E-state index contributed by atoms with van der Waals surface area (Å²) in [5.41, 5.74) is 7.17. The number of hydrogen-bond acceptors (Lipinski definition) is 2. The molecule has 0 spiro atoms.